The predicted molar refractivity (Wildman–Crippen MR) is 173 cm³/mol. The molecule has 6 rings (SSSR count). The van der Waals surface area contributed by atoms with E-state index in [1.807, 2.05) is 18.2 Å². The summed E-state index contributed by atoms with van der Waals surface area (Å²) in [5, 5.41) is 2.96. The van der Waals surface area contributed by atoms with E-state index in [0.29, 0.717) is 91.7 Å². The van der Waals surface area contributed by atoms with Gasteiger partial charge in [-0.15, -0.1) is 0 Å². The molecule has 5 aromatic rings. The molecule has 0 fully saturated rings. The maximum absolute atomic E-state index is 13.3. The third kappa shape index (κ3) is 5.92. The molecular formula is C35H33N3O9. The number of benzene rings is 4. The van der Waals surface area contributed by atoms with Crippen LogP contribution in [0.25, 0.3) is 33.5 Å². The Morgan fingerprint density at radius 2 is 1.17 bits per heavy atom. The Kier molecular flexibility index (Phi) is 8.74. The van der Waals surface area contributed by atoms with E-state index in [2.05, 4.69) is 5.32 Å². The van der Waals surface area contributed by atoms with Crippen molar-refractivity contribution in [3.05, 3.63) is 71.8 Å². The largest absolute Gasteiger partial charge is 0.493 e. The van der Waals surface area contributed by atoms with Gasteiger partial charge in [0.05, 0.1) is 65.1 Å². The number of amides is 1. The fraction of sp³-hybridized carbons (Fsp3) is 0.229. The normalized spacial score (nSPS) is 11.6. The van der Waals surface area contributed by atoms with Crippen LogP contribution < -0.4 is 43.2 Å². The molecule has 12 heteroatoms. The van der Waals surface area contributed by atoms with Crippen molar-refractivity contribution >= 4 is 16.9 Å². The van der Waals surface area contributed by atoms with E-state index in [-0.39, 0.29) is 12.7 Å². The lowest BCUT2D eigenvalue weighted by Crippen LogP contribution is -2.22. The Morgan fingerprint density at radius 1 is 0.638 bits per heavy atom. The third-order valence-corrected chi connectivity index (χ3v) is 7.69. The summed E-state index contributed by atoms with van der Waals surface area (Å²) in [5.41, 5.74) is 4.67. The molecule has 0 radical (unpaired) electrons. The molecule has 12 nitrogen and oxygen atoms in total. The summed E-state index contributed by atoms with van der Waals surface area (Å²) in [6.07, 6.45) is 0. The maximum atomic E-state index is 13.3. The van der Waals surface area contributed by atoms with E-state index in [0.717, 1.165) is 5.56 Å². The lowest BCUT2D eigenvalue weighted by molar-refractivity contribution is 0.0951. The Labute approximate surface area is 271 Å². The molecule has 1 amide bonds. The fourth-order valence-corrected chi connectivity index (χ4v) is 5.37. The van der Waals surface area contributed by atoms with Gasteiger partial charge in [0.1, 0.15) is 0 Å². The number of carbonyl (C=O) groups is 1. The van der Waals surface area contributed by atoms with Crippen molar-refractivity contribution < 1.29 is 42.7 Å². The van der Waals surface area contributed by atoms with Crippen molar-refractivity contribution in [2.24, 2.45) is 0 Å². The molecule has 0 unspecified atom stereocenters. The second kappa shape index (κ2) is 13.2. The van der Waals surface area contributed by atoms with Crippen LogP contribution in [0, 0.1) is 0 Å². The highest BCUT2D eigenvalue weighted by atomic mass is 16.7. The zero-order valence-electron chi connectivity index (χ0n) is 26.8. The van der Waals surface area contributed by atoms with Crippen LogP contribution in [0.4, 0.5) is 0 Å². The van der Waals surface area contributed by atoms with Crippen molar-refractivity contribution in [2.75, 3.05) is 49.5 Å². The van der Waals surface area contributed by atoms with E-state index in [4.69, 9.17) is 47.9 Å². The molecule has 1 aliphatic rings. The Bertz CT molecular complexity index is 1930. The number of hydrogen-bond donors (Lipinski definition) is 1. The van der Waals surface area contributed by atoms with Gasteiger partial charge >= 0.3 is 0 Å². The summed E-state index contributed by atoms with van der Waals surface area (Å²) in [4.78, 5) is 23.3. The number of methoxy groups -OCH3 is 6. The van der Waals surface area contributed by atoms with Crippen LogP contribution in [-0.2, 0) is 6.54 Å². The van der Waals surface area contributed by atoms with Gasteiger partial charge in [0.15, 0.2) is 34.5 Å². The molecule has 0 spiro atoms. The monoisotopic (exact) mass is 639 g/mol. The van der Waals surface area contributed by atoms with Gasteiger partial charge in [-0.05, 0) is 60.2 Å². The van der Waals surface area contributed by atoms with Crippen LogP contribution in [0.15, 0.2) is 60.7 Å². The zero-order chi connectivity index (χ0) is 33.1. The topological polar surface area (TPSA) is 129 Å². The number of rotatable bonds is 11. The van der Waals surface area contributed by atoms with Gasteiger partial charge in [-0.3, -0.25) is 4.79 Å². The van der Waals surface area contributed by atoms with Crippen LogP contribution in [0.5, 0.6) is 46.0 Å². The van der Waals surface area contributed by atoms with E-state index < -0.39 is 0 Å². The summed E-state index contributed by atoms with van der Waals surface area (Å²) in [5.74, 6) is 3.73. The number of hydrogen-bond acceptors (Lipinski definition) is 11. The van der Waals surface area contributed by atoms with Gasteiger partial charge in [0, 0.05) is 23.2 Å². The average molecular weight is 640 g/mol. The molecule has 0 atom stereocenters. The van der Waals surface area contributed by atoms with Gasteiger partial charge in [0.2, 0.25) is 18.3 Å². The Hall–Kier alpha value is -5.91. The first-order valence-electron chi connectivity index (χ1n) is 14.5. The Balaban J connectivity index is 1.46. The molecule has 4 aromatic carbocycles. The number of nitrogens with zero attached hydrogens (tertiary/aromatic N) is 2. The fourth-order valence-electron chi connectivity index (χ4n) is 5.37. The van der Waals surface area contributed by atoms with Crippen LogP contribution in [-0.4, -0.2) is 65.3 Å². The summed E-state index contributed by atoms with van der Waals surface area (Å²) in [6.45, 7) is 0.485. The number of fused-ring (bicyclic) bond motifs is 2. The van der Waals surface area contributed by atoms with Crippen molar-refractivity contribution in [1.82, 2.24) is 15.3 Å². The second-order valence-electron chi connectivity index (χ2n) is 10.3. The second-order valence-corrected chi connectivity index (χ2v) is 10.3. The van der Waals surface area contributed by atoms with E-state index in [1.165, 1.54) is 7.11 Å². The highest BCUT2D eigenvalue weighted by molar-refractivity contribution is 5.98. The minimum absolute atomic E-state index is 0.183. The maximum Gasteiger partial charge on any atom is 0.251 e. The molecule has 1 aromatic heterocycles. The first-order valence-corrected chi connectivity index (χ1v) is 14.5. The molecule has 1 aliphatic heterocycles. The lowest BCUT2D eigenvalue weighted by atomic mass is 10.0. The molecule has 2 heterocycles. The van der Waals surface area contributed by atoms with Gasteiger partial charge in [-0.25, -0.2) is 9.97 Å². The molecule has 0 aliphatic carbocycles. The molecule has 0 saturated heterocycles. The van der Waals surface area contributed by atoms with Crippen LogP contribution in [0.3, 0.4) is 0 Å². The van der Waals surface area contributed by atoms with Crippen molar-refractivity contribution in [2.45, 2.75) is 6.54 Å². The van der Waals surface area contributed by atoms with Gasteiger partial charge < -0.3 is 43.2 Å². The molecule has 1 N–H and O–H groups in total. The minimum atomic E-state index is -0.269. The highest BCUT2D eigenvalue weighted by Gasteiger charge is 2.23. The van der Waals surface area contributed by atoms with Crippen LogP contribution in [0.2, 0.25) is 0 Å². The minimum Gasteiger partial charge on any atom is -0.493 e. The third-order valence-electron chi connectivity index (χ3n) is 7.69. The summed E-state index contributed by atoms with van der Waals surface area (Å²) in [6, 6.07) is 17.9. The average Bonchev–Trinajstić information content (AvgIpc) is 3.59. The quantitative estimate of drug-likeness (QED) is 0.192. The van der Waals surface area contributed by atoms with Crippen molar-refractivity contribution in [3.63, 3.8) is 0 Å². The van der Waals surface area contributed by atoms with Gasteiger partial charge in [-0.2, -0.15) is 0 Å². The summed E-state index contributed by atoms with van der Waals surface area (Å²) in [7, 11) is 9.26. The highest BCUT2D eigenvalue weighted by Crippen LogP contribution is 2.45. The lowest BCUT2D eigenvalue weighted by Gasteiger charge is -2.18. The summed E-state index contributed by atoms with van der Waals surface area (Å²) < 4.78 is 44.5. The van der Waals surface area contributed by atoms with Crippen LogP contribution in [0.1, 0.15) is 15.9 Å². The zero-order valence-corrected chi connectivity index (χ0v) is 26.8. The molecule has 242 valence electrons. The number of carbonyl (C=O) groups excluding carboxylic acids is 1. The van der Waals surface area contributed by atoms with Gasteiger partial charge in [0.25, 0.3) is 5.91 Å². The molecule has 0 saturated carbocycles. The molecule has 47 heavy (non-hydrogen) atoms. The van der Waals surface area contributed by atoms with E-state index >= 15 is 0 Å². The number of ether oxygens (including phenoxy) is 8. The standard InChI is InChI=1S/C35H33N3O9/c1-40-27-13-21(14-28(41-2)33(27)44-5)31-32(22-15-29(42-3)34(45-6)30(16-22)43-4)38-24-12-20(8-9-23(24)37-31)35(39)36-17-19-7-10-25-26(11-19)47-18-46-25/h7-16H,17-18H2,1-6H3,(H,36,39). The number of nitrogens with one attached hydrogen (secondary N) is 1. The van der Waals surface area contributed by atoms with E-state index in [1.54, 1.807) is 78.0 Å². The first kappa shape index (κ1) is 31.1. The van der Waals surface area contributed by atoms with Crippen molar-refractivity contribution in [1.29, 1.82) is 0 Å². The molecule has 0 bridgehead atoms. The van der Waals surface area contributed by atoms with E-state index in [9.17, 15) is 4.79 Å². The van der Waals surface area contributed by atoms with Crippen LogP contribution >= 0.6 is 0 Å². The first-order chi connectivity index (χ1) is 22.9. The van der Waals surface area contributed by atoms with Gasteiger partial charge in [-0.1, -0.05) is 6.07 Å². The number of aromatic nitrogens is 2. The predicted octanol–water partition coefficient (Wildman–Crippen LogP) is 5.67. The molecular weight excluding hydrogens is 606 g/mol. The summed E-state index contributed by atoms with van der Waals surface area (Å²) >= 11 is 0. The smallest absolute Gasteiger partial charge is 0.251 e. The Morgan fingerprint density at radius 3 is 1.70 bits per heavy atom. The van der Waals surface area contributed by atoms with Crippen molar-refractivity contribution in [3.8, 4) is 68.5 Å². The SMILES string of the molecule is COc1cc(-c2nc3ccc(C(=O)NCc4ccc5c(c4)OCO5)cc3nc2-c2cc(OC)c(OC)c(OC)c2)cc(OC)c1OC.